The molecule has 11 rings (SSSR count). The number of rotatable bonds is 8. The summed E-state index contributed by atoms with van der Waals surface area (Å²) < 4.78 is 2.39. The van der Waals surface area contributed by atoms with Crippen LogP contribution in [0.15, 0.2) is 224 Å². The highest BCUT2D eigenvalue weighted by Gasteiger charge is 2.23. The van der Waals surface area contributed by atoms with E-state index in [0.29, 0.717) is 17.5 Å². The second-order valence-corrected chi connectivity index (χ2v) is 14.8. The maximum atomic E-state index is 5.21. The van der Waals surface area contributed by atoms with E-state index in [4.69, 9.17) is 15.0 Å². The molecule has 5 nitrogen and oxygen atoms in total. The first-order chi connectivity index (χ1) is 29.8. The molecular formula is C55H37N5. The third-order valence-corrected chi connectivity index (χ3v) is 11.2. The number of nitrogens with zero attached hydrogens (tertiary/aromatic N) is 5. The van der Waals surface area contributed by atoms with E-state index in [2.05, 4.69) is 198 Å². The van der Waals surface area contributed by atoms with Gasteiger partial charge in [0.15, 0.2) is 17.5 Å². The minimum Gasteiger partial charge on any atom is -0.311 e. The van der Waals surface area contributed by atoms with E-state index in [1.165, 1.54) is 5.39 Å². The monoisotopic (exact) mass is 767 g/mol. The van der Waals surface area contributed by atoms with E-state index in [0.717, 1.165) is 77.8 Å². The van der Waals surface area contributed by atoms with Crippen LogP contribution >= 0.6 is 0 Å². The van der Waals surface area contributed by atoms with Gasteiger partial charge in [-0.15, -0.1) is 0 Å². The molecule has 11 aromatic rings. The van der Waals surface area contributed by atoms with Crippen molar-refractivity contribution in [2.45, 2.75) is 0 Å². The summed E-state index contributed by atoms with van der Waals surface area (Å²) in [4.78, 5) is 17.7. The van der Waals surface area contributed by atoms with Crippen LogP contribution in [0.3, 0.4) is 0 Å². The molecule has 2 aromatic heterocycles. The van der Waals surface area contributed by atoms with Gasteiger partial charge >= 0.3 is 0 Å². The maximum Gasteiger partial charge on any atom is 0.164 e. The summed E-state index contributed by atoms with van der Waals surface area (Å²) in [6, 6.07) is 78.7. The van der Waals surface area contributed by atoms with E-state index < -0.39 is 0 Å². The number of para-hydroxylation sites is 3. The zero-order valence-corrected chi connectivity index (χ0v) is 32.6. The normalized spacial score (nSPS) is 11.3. The molecule has 0 unspecified atom stereocenters. The molecule has 0 aliphatic heterocycles. The average molecular weight is 768 g/mol. The Morgan fingerprint density at radius 2 is 0.800 bits per heavy atom. The molecule has 0 saturated carbocycles. The van der Waals surface area contributed by atoms with E-state index >= 15 is 0 Å². The topological polar surface area (TPSA) is 46.8 Å². The Hall–Kier alpha value is -8.15. The van der Waals surface area contributed by atoms with Crippen molar-refractivity contribution in [2.75, 3.05) is 4.90 Å². The fraction of sp³-hybridized carbons (Fsp3) is 0. The van der Waals surface area contributed by atoms with E-state index in [-0.39, 0.29) is 0 Å². The Kier molecular flexibility index (Phi) is 8.75. The van der Waals surface area contributed by atoms with Crippen molar-refractivity contribution in [3.8, 4) is 51.0 Å². The van der Waals surface area contributed by atoms with Crippen LogP contribution in [0.5, 0.6) is 0 Å². The number of benzene rings is 9. The largest absolute Gasteiger partial charge is 0.311 e. The molecule has 0 saturated heterocycles. The van der Waals surface area contributed by atoms with Gasteiger partial charge in [0.25, 0.3) is 0 Å². The van der Waals surface area contributed by atoms with Crippen molar-refractivity contribution in [1.29, 1.82) is 0 Å². The highest BCUT2D eigenvalue weighted by molar-refractivity contribution is 6.27. The Labute approximate surface area is 348 Å². The molecule has 0 aliphatic carbocycles. The number of fused-ring (bicyclic) bond motifs is 5. The van der Waals surface area contributed by atoms with E-state index in [9.17, 15) is 0 Å². The number of aromatic nitrogens is 4. The standard InChI is InChI=1S/C55H37N5/c1-6-19-39(20-7-1)53-56-54(40-21-8-2-9-22-40)58-55(57-53)47-31-18-32-49-52(47)51-46-30-17-16-29-45(46)48(37-50(51)60(49)43-27-14-5-15-28-43)38-33-35-44(36-34-38)59(41-23-10-3-11-24-41)42-25-12-4-13-26-42/h1-37H. The third-order valence-electron chi connectivity index (χ3n) is 11.2. The lowest BCUT2D eigenvalue weighted by Crippen LogP contribution is -2.09. The highest BCUT2D eigenvalue weighted by Crippen LogP contribution is 2.45. The summed E-state index contributed by atoms with van der Waals surface area (Å²) in [5.41, 5.74) is 11.7. The van der Waals surface area contributed by atoms with Gasteiger partial charge in [-0.25, -0.2) is 15.0 Å². The lowest BCUT2D eigenvalue weighted by molar-refractivity contribution is 1.08. The van der Waals surface area contributed by atoms with Crippen LogP contribution < -0.4 is 4.90 Å². The van der Waals surface area contributed by atoms with E-state index in [1.807, 2.05) is 36.4 Å². The van der Waals surface area contributed by atoms with Gasteiger partial charge in [-0.3, -0.25) is 0 Å². The van der Waals surface area contributed by atoms with Gasteiger partial charge < -0.3 is 9.47 Å². The predicted octanol–water partition coefficient (Wildman–Crippen LogP) is 14.3. The molecule has 0 radical (unpaired) electrons. The molecule has 282 valence electrons. The van der Waals surface area contributed by atoms with Crippen molar-refractivity contribution in [3.05, 3.63) is 224 Å². The van der Waals surface area contributed by atoms with Crippen LogP contribution in [0.25, 0.3) is 83.6 Å². The fourth-order valence-corrected chi connectivity index (χ4v) is 8.52. The zero-order chi connectivity index (χ0) is 39.8. The van der Waals surface area contributed by atoms with Crippen molar-refractivity contribution < 1.29 is 0 Å². The average Bonchev–Trinajstić information content (AvgIpc) is 3.68. The van der Waals surface area contributed by atoms with Crippen LogP contribution in [-0.2, 0) is 0 Å². The second-order valence-electron chi connectivity index (χ2n) is 14.8. The molecule has 0 fully saturated rings. The highest BCUT2D eigenvalue weighted by atomic mass is 15.1. The number of hydrogen-bond acceptors (Lipinski definition) is 4. The summed E-state index contributed by atoms with van der Waals surface area (Å²) in [5.74, 6) is 1.90. The lowest BCUT2D eigenvalue weighted by atomic mass is 9.93. The summed E-state index contributed by atoms with van der Waals surface area (Å²) in [5, 5.41) is 4.59. The molecule has 9 aromatic carbocycles. The van der Waals surface area contributed by atoms with Crippen LogP contribution in [0.2, 0.25) is 0 Å². The first-order valence-corrected chi connectivity index (χ1v) is 20.2. The lowest BCUT2D eigenvalue weighted by Gasteiger charge is -2.25. The molecule has 2 heterocycles. The van der Waals surface area contributed by atoms with Crippen molar-refractivity contribution in [2.24, 2.45) is 0 Å². The number of anilines is 3. The van der Waals surface area contributed by atoms with Crippen LogP contribution in [0, 0.1) is 0 Å². The summed E-state index contributed by atoms with van der Waals surface area (Å²) in [6.07, 6.45) is 0. The second kappa shape index (κ2) is 15.0. The first kappa shape index (κ1) is 35.0. The Bertz CT molecular complexity index is 3180. The van der Waals surface area contributed by atoms with E-state index in [1.54, 1.807) is 0 Å². The van der Waals surface area contributed by atoms with Crippen LogP contribution in [0.1, 0.15) is 0 Å². The molecule has 5 heteroatoms. The van der Waals surface area contributed by atoms with Gasteiger partial charge in [0.2, 0.25) is 0 Å². The van der Waals surface area contributed by atoms with Gasteiger partial charge in [-0.2, -0.15) is 0 Å². The SMILES string of the molecule is c1ccc(-c2nc(-c3ccccc3)nc(-c3cccc4c3c3c5ccccc5c(-c5ccc(N(c6ccccc6)c6ccccc6)cc5)cc3n4-c3ccccc3)n2)cc1. The molecule has 0 aliphatic rings. The van der Waals surface area contributed by atoms with Crippen LogP contribution in [0.4, 0.5) is 17.1 Å². The molecule has 0 bridgehead atoms. The quantitative estimate of drug-likeness (QED) is 0.154. The number of hydrogen-bond donors (Lipinski definition) is 0. The van der Waals surface area contributed by atoms with Gasteiger partial charge in [0.1, 0.15) is 0 Å². The first-order valence-electron chi connectivity index (χ1n) is 20.2. The molecule has 60 heavy (non-hydrogen) atoms. The van der Waals surface area contributed by atoms with Gasteiger partial charge in [-0.1, -0.05) is 164 Å². The Morgan fingerprint density at radius 1 is 0.317 bits per heavy atom. The van der Waals surface area contributed by atoms with Gasteiger partial charge in [-0.05, 0) is 82.6 Å². The van der Waals surface area contributed by atoms with Crippen molar-refractivity contribution in [1.82, 2.24) is 19.5 Å². The molecule has 0 atom stereocenters. The summed E-state index contributed by atoms with van der Waals surface area (Å²) in [7, 11) is 0. The Morgan fingerprint density at radius 3 is 1.38 bits per heavy atom. The molecule has 0 amide bonds. The van der Waals surface area contributed by atoms with Gasteiger partial charge in [0, 0.05) is 50.2 Å². The zero-order valence-electron chi connectivity index (χ0n) is 32.6. The van der Waals surface area contributed by atoms with Crippen LogP contribution in [-0.4, -0.2) is 19.5 Å². The summed E-state index contributed by atoms with van der Waals surface area (Å²) in [6.45, 7) is 0. The van der Waals surface area contributed by atoms with Gasteiger partial charge in [0.05, 0.1) is 11.0 Å². The predicted molar refractivity (Wildman–Crippen MR) is 248 cm³/mol. The smallest absolute Gasteiger partial charge is 0.164 e. The third kappa shape index (κ3) is 6.17. The minimum absolute atomic E-state index is 0.630. The minimum atomic E-state index is 0.630. The molecule has 0 N–H and O–H groups in total. The molecule has 0 spiro atoms. The Balaban J connectivity index is 1.16. The molecular weight excluding hydrogens is 731 g/mol. The summed E-state index contributed by atoms with van der Waals surface area (Å²) >= 11 is 0. The fourth-order valence-electron chi connectivity index (χ4n) is 8.52. The van der Waals surface area contributed by atoms with Crippen molar-refractivity contribution >= 4 is 49.6 Å². The maximum absolute atomic E-state index is 5.21. The van der Waals surface area contributed by atoms with Crippen molar-refractivity contribution in [3.63, 3.8) is 0 Å².